The number of aryl methyl sites for hydroxylation is 1. The lowest BCUT2D eigenvalue weighted by Crippen LogP contribution is -2.41. The maximum absolute atomic E-state index is 12.3. The van der Waals surface area contributed by atoms with Gasteiger partial charge in [0.2, 0.25) is 5.91 Å². The lowest BCUT2D eigenvalue weighted by Gasteiger charge is -2.31. The van der Waals surface area contributed by atoms with E-state index in [2.05, 4.69) is 5.32 Å². The van der Waals surface area contributed by atoms with Crippen molar-refractivity contribution in [1.82, 2.24) is 10.2 Å². The van der Waals surface area contributed by atoms with Crippen LogP contribution in [0.1, 0.15) is 34.5 Å². The summed E-state index contributed by atoms with van der Waals surface area (Å²) in [5, 5.41) is 13.8. The maximum Gasteiger partial charge on any atom is 0.272 e. The highest BCUT2D eigenvalue weighted by molar-refractivity contribution is 5.94. The van der Waals surface area contributed by atoms with E-state index in [-0.39, 0.29) is 23.4 Å². The van der Waals surface area contributed by atoms with Crippen LogP contribution in [0.2, 0.25) is 0 Å². The third-order valence-corrected chi connectivity index (χ3v) is 5.07. The summed E-state index contributed by atoms with van der Waals surface area (Å²) in [7, 11) is 0. The fourth-order valence-electron chi connectivity index (χ4n) is 3.34. The molecule has 0 aliphatic carbocycles. The number of furan rings is 1. The first-order valence-corrected chi connectivity index (χ1v) is 9.48. The van der Waals surface area contributed by atoms with E-state index >= 15 is 0 Å². The number of likely N-dealkylation sites (tertiary alicyclic amines) is 1. The number of amides is 2. The Hall–Kier alpha value is -3.42. The molecular formula is C21H23N3O5. The van der Waals surface area contributed by atoms with Crippen LogP contribution < -0.4 is 5.32 Å². The Balaban J connectivity index is 1.45. The molecule has 1 fully saturated rings. The fraction of sp³-hybridized carbons (Fsp3) is 0.333. The number of benzene rings is 1. The molecule has 0 bridgehead atoms. The van der Waals surface area contributed by atoms with Gasteiger partial charge in [-0.2, -0.15) is 0 Å². The standard InChI is InChI=1S/C21H23N3O5/c1-15-13-17(4-6-19(15)24(27)28)21(26)22-14-16-8-10-23(11-9-16)20(25)7-5-18-3-2-12-29-18/h2-7,12-13,16H,8-11,14H2,1H3,(H,22,26)/b7-5+. The van der Waals surface area contributed by atoms with E-state index < -0.39 is 4.92 Å². The summed E-state index contributed by atoms with van der Waals surface area (Å²) in [5.41, 5.74) is 0.862. The van der Waals surface area contributed by atoms with Crippen LogP contribution in [-0.2, 0) is 4.79 Å². The molecule has 1 saturated heterocycles. The van der Waals surface area contributed by atoms with E-state index in [9.17, 15) is 19.7 Å². The summed E-state index contributed by atoms with van der Waals surface area (Å²) in [6.45, 7) is 3.40. The van der Waals surface area contributed by atoms with Crippen molar-refractivity contribution in [2.24, 2.45) is 5.92 Å². The molecule has 1 aliphatic heterocycles. The van der Waals surface area contributed by atoms with Crippen molar-refractivity contribution >= 4 is 23.6 Å². The van der Waals surface area contributed by atoms with E-state index in [0.29, 0.717) is 36.5 Å². The average Bonchev–Trinajstić information content (AvgIpc) is 3.24. The number of hydrogen-bond acceptors (Lipinski definition) is 5. The lowest BCUT2D eigenvalue weighted by atomic mass is 9.96. The quantitative estimate of drug-likeness (QED) is 0.458. The number of carbonyl (C=O) groups excluding carboxylic acids is 2. The monoisotopic (exact) mass is 397 g/mol. The largest absolute Gasteiger partial charge is 0.465 e. The topological polar surface area (TPSA) is 106 Å². The smallest absolute Gasteiger partial charge is 0.272 e. The number of nitrogens with one attached hydrogen (secondary N) is 1. The SMILES string of the molecule is Cc1cc(C(=O)NCC2CCN(C(=O)/C=C/c3ccco3)CC2)ccc1[N+](=O)[O-]. The first-order chi connectivity index (χ1) is 13.9. The minimum atomic E-state index is -0.462. The first kappa shape index (κ1) is 20.3. The van der Waals surface area contributed by atoms with E-state index in [0.717, 1.165) is 12.8 Å². The number of nitro benzene ring substituents is 1. The molecule has 8 nitrogen and oxygen atoms in total. The van der Waals surface area contributed by atoms with Crippen molar-refractivity contribution in [1.29, 1.82) is 0 Å². The van der Waals surface area contributed by atoms with Gasteiger partial charge in [0.25, 0.3) is 11.6 Å². The van der Waals surface area contributed by atoms with Crippen LogP contribution in [0.25, 0.3) is 6.08 Å². The third-order valence-electron chi connectivity index (χ3n) is 5.07. The molecule has 1 aliphatic rings. The molecule has 0 radical (unpaired) electrons. The molecule has 0 atom stereocenters. The second kappa shape index (κ2) is 9.18. The van der Waals surface area contributed by atoms with E-state index in [1.807, 2.05) is 0 Å². The summed E-state index contributed by atoms with van der Waals surface area (Å²) in [6.07, 6.45) is 6.33. The van der Waals surface area contributed by atoms with Crippen LogP contribution in [-0.4, -0.2) is 41.3 Å². The van der Waals surface area contributed by atoms with Gasteiger partial charge in [-0.1, -0.05) is 0 Å². The molecule has 0 unspecified atom stereocenters. The molecule has 152 valence electrons. The lowest BCUT2D eigenvalue weighted by molar-refractivity contribution is -0.385. The van der Waals surface area contributed by atoms with Crippen molar-refractivity contribution in [3.63, 3.8) is 0 Å². The highest BCUT2D eigenvalue weighted by Crippen LogP contribution is 2.20. The van der Waals surface area contributed by atoms with Crippen molar-refractivity contribution in [3.8, 4) is 0 Å². The Bertz CT molecular complexity index is 912. The zero-order valence-corrected chi connectivity index (χ0v) is 16.2. The van der Waals surface area contributed by atoms with E-state index in [4.69, 9.17) is 4.42 Å². The van der Waals surface area contributed by atoms with Gasteiger partial charge in [-0.15, -0.1) is 0 Å². The molecule has 0 saturated carbocycles. The summed E-state index contributed by atoms with van der Waals surface area (Å²) >= 11 is 0. The van der Waals surface area contributed by atoms with Gasteiger partial charge < -0.3 is 14.6 Å². The number of piperidine rings is 1. The average molecular weight is 397 g/mol. The van der Waals surface area contributed by atoms with Gasteiger partial charge in [0.1, 0.15) is 5.76 Å². The summed E-state index contributed by atoms with van der Waals surface area (Å²) in [4.78, 5) is 36.8. The van der Waals surface area contributed by atoms with Crippen LogP contribution in [0.15, 0.2) is 47.1 Å². The normalized spacial score (nSPS) is 14.9. The van der Waals surface area contributed by atoms with Gasteiger partial charge in [0.05, 0.1) is 11.2 Å². The van der Waals surface area contributed by atoms with Gasteiger partial charge in [0, 0.05) is 42.9 Å². The maximum atomic E-state index is 12.3. The molecule has 2 amide bonds. The van der Waals surface area contributed by atoms with Gasteiger partial charge in [-0.3, -0.25) is 19.7 Å². The van der Waals surface area contributed by atoms with Crippen LogP contribution in [0.4, 0.5) is 5.69 Å². The summed E-state index contributed by atoms with van der Waals surface area (Å²) in [6, 6.07) is 7.89. The Morgan fingerprint density at radius 1 is 1.31 bits per heavy atom. The summed E-state index contributed by atoms with van der Waals surface area (Å²) < 4.78 is 5.17. The molecule has 0 spiro atoms. The molecule has 1 aromatic heterocycles. The van der Waals surface area contributed by atoms with Gasteiger partial charge in [-0.05, 0) is 56.0 Å². The number of nitrogens with zero attached hydrogens (tertiary/aromatic N) is 2. The van der Waals surface area contributed by atoms with Crippen LogP contribution in [0.3, 0.4) is 0 Å². The Morgan fingerprint density at radius 2 is 2.07 bits per heavy atom. The van der Waals surface area contributed by atoms with Crippen molar-refractivity contribution < 1.29 is 18.9 Å². The zero-order valence-electron chi connectivity index (χ0n) is 16.2. The molecule has 8 heteroatoms. The summed E-state index contributed by atoms with van der Waals surface area (Å²) in [5.74, 6) is 0.627. The molecule has 2 aromatic rings. The van der Waals surface area contributed by atoms with Crippen LogP contribution >= 0.6 is 0 Å². The van der Waals surface area contributed by atoms with Crippen molar-refractivity contribution in [2.75, 3.05) is 19.6 Å². The Kier molecular flexibility index (Phi) is 6.43. The van der Waals surface area contributed by atoms with Gasteiger partial charge >= 0.3 is 0 Å². The minimum Gasteiger partial charge on any atom is -0.465 e. The molecule has 3 rings (SSSR count). The first-order valence-electron chi connectivity index (χ1n) is 9.48. The van der Waals surface area contributed by atoms with Gasteiger partial charge in [0.15, 0.2) is 0 Å². The van der Waals surface area contributed by atoms with Crippen LogP contribution in [0, 0.1) is 23.0 Å². The molecule has 1 aromatic carbocycles. The van der Waals surface area contributed by atoms with Gasteiger partial charge in [-0.25, -0.2) is 0 Å². The van der Waals surface area contributed by atoms with E-state index in [1.165, 1.54) is 24.3 Å². The zero-order chi connectivity index (χ0) is 20.8. The highest BCUT2D eigenvalue weighted by Gasteiger charge is 2.22. The number of nitro groups is 1. The fourth-order valence-corrected chi connectivity index (χ4v) is 3.34. The van der Waals surface area contributed by atoms with Crippen LogP contribution in [0.5, 0.6) is 0 Å². The second-order valence-corrected chi connectivity index (χ2v) is 7.09. The highest BCUT2D eigenvalue weighted by atomic mass is 16.6. The number of hydrogen-bond donors (Lipinski definition) is 1. The number of rotatable bonds is 6. The minimum absolute atomic E-state index is 0.000291. The molecule has 2 heterocycles. The van der Waals surface area contributed by atoms with Crippen molar-refractivity contribution in [3.05, 3.63) is 69.7 Å². The Labute approximate surface area is 168 Å². The Morgan fingerprint density at radius 3 is 2.69 bits per heavy atom. The second-order valence-electron chi connectivity index (χ2n) is 7.09. The molecule has 1 N–H and O–H groups in total. The predicted molar refractivity (Wildman–Crippen MR) is 107 cm³/mol. The van der Waals surface area contributed by atoms with Crippen molar-refractivity contribution in [2.45, 2.75) is 19.8 Å². The molecular weight excluding hydrogens is 374 g/mol. The van der Waals surface area contributed by atoms with E-state index in [1.54, 1.807) is 36.3 Å². The molecule has 29 heavy (non-hydrogen) atoms. The number of carbonyl (C=O) groups is 2. The third kappa shape index (κ3) is 5.31. The predicted octanol–water partition coefficient (Wildman–Crippen LogP) is 3.18.